The van der Waals surface area contributed by atoms with E-state index in [9.17, 15) is 0 Å². The number of hydrogen-bond acceptors (Lipinski definition) is 1. The first-order valence-corrected chi connectivity index (χ1v) is 5.06. The van der Waals surface area contributed by atoms with Gasteiger partial charge >= 0.3 is 0 Å². The Morgan fingerprint density at radius 2 is 2.10 bits per heavy atom. The Morgan fingerprint density at radius 3 is 2.60 bits per heavy atom. The molecule has 1 rings (SSSR count). The summed E-state index contributed by atoms with van der Waals surface area (Å²) < 4.78 is 1.19. The second-order valence-electron chi connectivity index (χ2n) is 2.14. The van der Waals surface area contributed by atoms with E-state index in [4.69, 9.17) is 0 Å². The predicted molar refractivity (Wildman–Crippen MR) is 50.7 cm³/mol. The minimum Gasteiger partial charge on any atom is -0.128 e. The van der Waals surface area contributed by atoms with Gasteiger partial charge in [0, 0.05) is 9.37 Å². The van der Waals surface area contributed by atoms with Crippen LogP contribution in [0.15, 0.2) is 27.6 Å². The third-order valence-corrected chi connectivity index (χ3v) is 3.04. The van der Waals surface area contributed by atoms with Crippen LogP contribution in [-0.4, -0.2) is 6.26 Å². The molecular formula is C8H9BrS. The molecule has 54 valence electrons. The van der Waals surface area contributed by atoms with Crippen molar-refractivity contribution in [3.05, 3.63) is 28.2 Å². The lowest BCUT2D eigenvalue weighted by molar-refractivity contribution is 1.33. The molecular weight excluding hydrogens is 208 g/mol. The standard InChI is InChI=1S/C8H9BrS/c1-6-3-4-7(9)8(5-6)10-2/h3-5H,1-2H3. The summed E-state index contributed by atoms with van der Waals surface area (Å²) in [5.74, 6) is 0. The number of aryl methyl sites for hydroxylation is 1. The Labute approximate surface area is 74.2 Å². The van der Waals surface area contributed by atoms with Crippen molar-refractivity contribution in [1.29, 1.82) is 0 Å². The molecule has 0 saturated carbocycles. The van der Waals surface area contributed by atoms with E-state index in [-0.39, 0.29) is 0 Å². The molecule has 10 heavy (non-hydrogen) atoms. The van der Waals surface area contributed by atoms with Gasteiger partial charge in [0.2, 0.25) is 0 Å². The van der Waals surface area contributed by atoms with Crippen LogP contribution in [0.1, 0.15) is 5.56 Å². The lowest BCUT2D eigenvalue weighted by Gasteiger charge is -2.00. The molecule has 0 N–H and O–H groups in total. The topological polar surface area (TPSA) is 0 Å². The highest BCUT2D eigenvalue weighted by Crippen LogP contribution is 2.25. The van der Waals surface area contributed by atoms with Crippen molar-refractivity contribution in [2.45, 2.75) is 11.8 Å². The van der Waals surface area contributed by atoms with Crippen molar-refractivity contribution in [3.8, 4) is 0 Å². The molecule has 0 aromatic heterocycles. The third-order valence-electron chi connectivity index (χ3n) is 1.31. The van der Waals surface area contributed by atoms with Crippen LogP contribution in [0, 0.1) is 6.92 Å². The summed E-state index contributed by atoms with van der Waals surface area (Å²) in [4.78, 5) is 1.31. The maximum absolute atomic E-state index is 3.47. The minimum atomic E-state index is 1.19. The molecule has 2 heteroatoms. The first kappa shape index (κ1) is 8.15. The van der Waals surface area contributed by atoms with Crippen molar-refractivity contribution in [1.82, 2.24) is 0 Å². The second-order valence-corrected chi connectivity index (χ2v) is 3.84. The van der Waals surface area contributed by atoms with Crippen LogP contribution in [0.4, 0.5) is 0 Å². The largest absolute Gasteiger partial charge is 0.128 e. The number of hydrogen-bond donors (Lipinski definition) is 0. The van der Waals surface area contributed by atoms with Gasteiger partial charge in [0.05, 0.1) is 0 Å². The highest BCUT2D eigenvalue weighted by molar-refractivity contribution is 9.10. The molecule has 0 fully saturated rings. The van der Waals surface area contributed by atoms with E-state index in [2.05, 4.69) is 47.3 Å². The van der Waals surface area contributed by atoms with Crippen molar-refractivity contribution in [2.24, 2.45) is 0 Å². The Kier molecular flexibility index (Phi) is 2.81. The molecule has 0 heterocycles. The fourth-order valence-corrected chi connectivity index (χ4v) is 2.07. The number of rotatable bonds is 1. The van der Waals surface area contributed by atoms with Crippen LogP contribution in [-0.2, 0) is 0 Å². The molecule has 0 aliphatic carbocycles. The summed E-state index contributed by atoms with van der Waals surface area (Å²) in [5, 5.41) is 0. The van der Waals surface area contributed by atoms with Gasteiger partial charge in [-0.15, -0.1) is 11.8 Å². The van der Waals surface area contributed by atoms with E-state index in [0.717, 1.165) is 0 Å². The summed E-state index contributed by atoms with van der Waals surface area (Å²) in [7, 11) is 0. The molecule has 0 nitrogen and oxygen atoms in total. The van der Waals surface area contributed by atoms with Crippen LogP contribution in [0.25, 0.3) is 0 Å². The molecule has 0 saturated heterocycles. The van der Waals surface area contributed by atoms with Crippen molar-refractivity contribution in [3.63, 3.8) is 0 Å². The van der Waals surface area contributed by atoms with E-state index in [1.165, 1.54) is 14.9 Å². The molecule has 0 aliphatic rings. The SMILES string of the molecule is CSc1cc(C)ccc1Br. The summed E-state index contributed by atoms with van der Waals surface area (Å²) >= 11 is 5.23. The van der Waals surface area contributed by atoms with Gasteiger partial charge in [-0.2, -0.15) is 0 Å². The van der Waals surface area contributed by atoms with Crippen LogP contribution < -0.4 is 0 Å². The van der Waals surface area contributed by atoms with Gasteiger partial charge in [-0.25, -0.2) is 0 Å². The second kappa shape index (κ2) is 3.44. The molecule has 1 aromatic rings. The van der Waals surface area contributed by atoms with Gasteiger partial charge in [-0.3, -0.25) is 0 Å². The van der Waals surface area contributed by atoms with Crippen LogP contribution in [0.5, 0.6) is 0 Å². The van der Waals surface area contributed by atoms with Crippen LogP contribution in [0.2, 0.25) is 0 Å². The van der Waals surface area contributed by atoms with Crippen LogP contribution >= 0.6 is 27.7 Å². The first-order chi connectivity index (χ1) is 4.74. The third kappa shape index (κ3) is 1.77. The van der Waals surface area contributed by atoms with E-state index in [1.807, 2.05) is 0 Å². The number of halogens is 1. The molecule has 0 unspecified atom stereocenters. The highest BCUT2D eigenvalue weighted by atomic mass is 79.9. The predicted octanol–water partition coefficient (Wildman–Crippen LogP) is 3.48. The van der Waals surface area contributed by atoms with E-state index in [0.29, 0.717) is 0 Å². The summed E-state index contributed by atoms with van der Waals surface area (Å²) in [6, 6.07) is 6.36. The summed E-state index contributed by atoms with van der Waals surface area (Å²) in [6.45, 7) is 2.10. The molecule has 0 amide bonds. The van der Waals surface area contributed by atoms with Gasteiger partial charge in [0.15, 0.2) is 0 Å². The molecule has 0 aliphatic heterocycles. The van der Waals surface area contributed by atoms with E-state index < -0.39 is 0 Å². The number of benzene rings is 1. The van der Waals surface area contributed by atoms with Crippen molar-refractivity contribution in [2.75, 3.05) is 6.26 Å². The maximum atomic E-state index is 3.47. The van der Waals surface area contributed by atoms with E-state index in [1.54, 1.807) is 11.8 Å². The van der Waals surface area contributed by atoms with Gasteiger partial charge in [-0.1, -0.05) is 6.07 Å². The van der Waals surface area contributed by atoms with Crippen molar-refractivity contribution < 1.29 is 0 Å². The van der Waals surface area contributed by atoms with Crippen molar-refractivity contribution >= 4 is 27.7 Å². The lowest BCUT2D eigenvalue weighted by Crippen LogP contribution is -1.75. The van der Waals surface area contributed by atoms with Gasteiger partial charge in [-0.05, 0) is 46.8 Å². The zero-order valence-corrected chi connectivity index (χ0v) is 8.42. The molecule has 0 radical (unpaired) electrons. The Bertz CT molecular complexity index is 233. The molecule has 0 atom stereocenters. The first-order valence-electron chi connectivity index (χ1n) is 3.04. The molecule has 0 spiro atoms. The maximum Gasteiger partial charge on any atom is 0.0311 e. The summed E-state index contributed by atoms with van der Waals surface area (Å²) in [6.07, 6.45) is 2.08. The normalized spacial score (nSPS) is 9.90. The van der Waals surface area contributed by atoms with Gasteiger partial charge in [0.25, 0.3) is 0 Å². The fourth-order valence-electron chi connectivity index (χ4n) is 0.767. The number of thioether (sulfide) groups is 1. The Hall–Kier alpha value is 0.0500. The molecule has 0 bridgehead atoms. The fraction of sp³-hybridized carbons (Fsp3) is 0.250. The zero-order valence-electron chi connectivity index (χ0n) is 6.02. The van der Waals surface area contributed by atoms with Gasteiger partial charge in [0.1, 0.15) is 0 Å². The van der Waals surface area contributed by atoms with E-state index >= 15 is 0 Å². The molecule has 1 aromatic carbocycles. The Morgan fingerprint density at radius 1 is 1.40 bits per heavy atom. The average molecular weight is 217 g/mol. The minimum absolute atomic E-state index is 1.19. The smallest absolute Gasteiger partial charge is 0.0311 e. The quantitative estimate of drug-likeness (QED) is 0.649. The average Bonchev–Trinajstić information content (AvgIpc) is 1.94. The summed E-state index contributed by atoms with van der Waals surface area (Å²) in [5.41, 5.74) is 1.31. The monoisotopic (exact) mass is 216 g/mol. The zero-order chi connectivity index (χ0) is 7.56. The van der Waals surface area contributed by atoms with Crippen LogP contribution in [0.3, 0.4) is 0 Å². The Balaban J connectivity index is 3.09. The van der Waals surface area contributed by atoms with Gasteiger partial charge < -0.3 is 0 Å². The lowest BCUT2D eigenvalue weighted by atomic mass is 10.2. The highest BCUT2D eigenvalue weighted by Gasteiger charge is 1.95.